The van der Waals surface area contributed by atoms with Gasteiger partial charge in [-0.2, -0.15) is 0 Å². The van der Waals surface area contributed by atoms with Crippen LogP contribution >= 0.6 is 11.3 Å². The first-order valence-electron chi connectivity index (χ1n) is 5.65. The Hall–Kier alpha value is -0.870. The van der Waals surface area contributed by atoms with E-state index in [4.69, 9.17) is 9.84 Å². The Bertz CT molecular complexity index is 355. The van der Waals surface area contributed by atoms with Crippen molar-refractivity contribution in [2.45, 2.75) is 32.3 Å². The molecule has 4 heteroatoms. The van der Waals surface area contributed by atoms with Crippen LogP contribution in [0.4, 0.5) is 0 Å². The molecule has 3 nitrogen and oxygen atoms in total. The fourth-order valence-electron chi connectivity index (χ4n) is 1.85. The quantitative estimate of drug-likeness (QED) is 0.777. The Morgan fingerprint density at radius 3 is 3.00 bits per heavy atom. The average Bonchev–Trinajstić information content (AvgIpc) is 2.62. The Morgan fingerprint density at radius 1 is 1.56 bits per heavy atom. The Balaban J connectivity index is 1.71. The molecule has 0 radical (unpaired) electrons. The predicted octanol–water partition coefficient (Wildman–Crippen LogP) is 3.15. The van der Waals surface area contributed by atoms with E-state index in [1.807, 2.05) is 6.07 Å². The summed E-state index contributed by atoms with van der Waals surface area (Å²) in [5.74, 6) is -0.00554. The maximum atomic E-state index is 10.8. The first-order valence-corrected chi connectivity index (χ1v) is 6.52. The Labute approximate surface area is 99.1 Å². The van der Waals surface area contributed by atoms with Crippen LogP contribution in [0.25, 0.3) is 0 Å². The molecule has 1 aliphatic carbocycles. The van der Waals surface area contributed by atoms with E-state index in [1.165, 1.54) is 30.6 Å². The summed E-state index contributed by atoms with van der Waals surface area (Å²) in [6, 6.07) is 1.83. The van der Waals surface area contributed by atoms with Gasteiger partial charge in [-0.1, -0.05) is 19.3 Å². The summed E-state index contributed by atoms with van der Waals surface area (Å²) < 4.78 is 5.52. The first-order chi connectivity index (χ1) is 7.77. The van der Waals surface area contributed by atoms with Crippen molar-refractivity contribution in [2.75, 3.05) is 6.61 Å². The number of carboxylic acids is 1. The summed E-state index contributed by atoms with van der Waals surface area (Å²) in [5, 5.41) is 10.7. The zero-order chi connectivity index (χ0) is 11.4. The van der Waals surface area contributed by atoms with E-state index in [2.05, 4.69) is 0 Å². The number of hydrogen-bond donors (Lipinski definition) is 1. The third-order valence-electron chi connectivity index (χ3n) is 3.09. The molecule has 1 N–H and O–H groups in total. The fraction of sp³-hybridized carbons (Fsp3) is 0.583. The molecule has 0 unspecified atom stereocenters. The van der Waals surface area contributed by atoms with Gasteiger partial charge >= 0.3 is 5.97 Å². The zero-order valence-electron chi connectivity index (χ0n) is 9.15. The normalized spacial score (nSPS) is 16.0. The molecule has 16 heavy (non-hydrogen) atoms. The van der Waals surface area contributed by atoms with Gasteiger partial charge in [0.2, 0.25) is 0 Å². The minimum Gasteiger partial charge on any atom is -0.477 e. The number of rotatable bonds is 6. The van der Waals surface area contributed by atoms with E-state index in [1.54, 1.807) is 5.38 Å². The van der Waals surface area contributed by atoms with Crippen molar-refractivity contribution in [1.82, 2.24) is 0 Å². The molecule has 1 saturated carbocycles. The highest BCUT2D eigenvalue weighted by molar-refractivity contribution is 7.12. The average molecular weight is 240 g/mol. The molecular weight excluding hydrogens is 224 g/mol. The highest BCUT2D eigenvalue weighted by atomic mass is 32.1. The highest BCUT2D eigenvalue weighted by Crippen LogP contribution is 2.29. The van der Waals surface area contributed by atoms with Gasteiger partial charge in [0.1, 0.15) is 4.88 Å². The molecule has 1 heterocycles. The molecule has 0 saturated heterocycles. The minimum absolute atomic E-state index is 0.406. The van der Waals surface area contributed by atoms with Gasteiger partial charge in [-0.05, 0) is 23.8 Å². The lowest BCUT2D eigenvalue weighted by Crippen LogP contribution is -2.13. The van der Waals surface area contributed by atoms with Crippen LogP contribution in [0.15, 0.2) is 11.4 Å². The van der Waals surface area contributed by atoms with E-state index in [-0.39, 0.29) is 0 Å². The van der Waals surface area contributed by atoms with E-state index in [0.29, 0.717) is 11.5 Å². The second-order valence-electron chi connectivity index (χ2n) is 4.22. The zero-order valence-corrected chi connectivity index (χ0v) is 9.96. The van der Waals surface area contributed by atoms with Crippen molar-refractivity contribution < 1.29 is 14.6 Å². The summed E-state index contributed by atoms with van der Waals surface area (Å²) in [7, 11) is 0. The standard InChI is InChI=1S/C12H16O3S/c13-12(14)11-10(5-7-16-11)8-15-6-4-9-2-1-3-9/h5,7,9H,1-4,6,8H2,(H,13,14). The highest BCUT2D eigenvalue weighted by Gasteiger charge is 2.17. The summed E-state index contributed by atoms with van der Waals surface area (Å²) >= 11 is 1.26. The van der Waals surface area contributed by atoms with Crippen molar-refractivity contribution in [1.29, 1.82) is 0 Å². The molecule has 88 valence electrons. The molecule has 1 aromatic heterocycles. The molecule has 0 aromatic carbocycles. The van der Waals surface area contributed by atoms with Crippen LogP contribution in [0.1, 0.15) is 40.9 Å². The molecule has 1 aromatic rings. The van der Waals surface area contributed by atoms with Crippen molar-refractivity contribution in [2.24, 2.45) is 5.92 Å². The monoisotopic (exact) mass is 240 g/mol. The van der Waals surface area contributed by atoms with Crippen LogP contribution in [0.3, 0.4) is 0 Å². The molecule has 0 amide bonds. The Kier molecular flexibility index (Phi) is 3.96. The van der Waals surface area contributed by atoms with Gasteiger partial charge in [-0.25, -0.2) is 4.79 Å². The smallest absolute Gasteiger partial charge is 0.346 e. The second kappa shape index (κ2) is 5.46. The lowest BCUT2D eigenvalue weighted by atomic mass is 9.83. The molecule has 2 rings (SSSR count). The summed E-state index contributed by atoms with van der Waals surface area (Å²) in [5.41, 5.74) is 0.797. The number of carboxylic acid groups (broad SMARTS) is 1. The SMILES string of the molecule is O=C(O)c1sccc1COCCC1CCC1. The summed E-state index contributed by atoms with van der Waals surface area (Å²) in [4.78, 5) is 11.2. The maximum absolute atomic E-state index is 10.8. The molecule has 0 spiro atoms. The third kappa shape index (κ3) is 2.83. The molecular formula is C12H16O3S. The van der Waals surface area contributed by atoms with Crippen molar-refractivity contribution in [3.8, 4) is 0 Å². The minimum atomic E-state index is -0.854. The van der Waals surface area contributed by atoms with E-state index < -0.39 is 5.97 Å². The lowest BCUT2D eigenvalue weighted by Gasteiger charge is -2.24. The van der Waals surface area contributed by atoms with Crippen LogP contribution in [0.2, 0.25) is 0 Å². The molecule has 0 atom stereocenters. The topological polar surface area (TPSA) is 46.5 Å². The number of ether oxygens (including phenoxy) is 1. The third-order valence-corrected chi connectivity index (χ3v) is 4.04. The van der Waals surface area contributed by atoms with Crippen molar-refractivity contribution in [3.63, 3.8) is 0 Å². The Morgan fingerprint density at radius 2 is 2.38 bits per heavy atom. The van der Waals surface area contributed by atoms with Crippen molar-refractivity contribution >= 4 is 17.3 Å². The second-order valence-corrected chi connectivity index (χ2v) is 5.13. The molecule has 0 bridgehead atoms. The van der Waals surface area contributed by atoms with Crippen LogP contribution in [-0.2, 0) is 11.3 Å². The number of thiophene rings is 1. The van der Waals surface area contributed by atoms with Gasteiger partial charge < -0.3 is 9.84 Å². The largest absolute Gasteiger partial charge is 0.477 e. The van der Waals surface area contributed by atoms with Gasteiger partial charge in [-0.15, -0.1) is 11.3 Å². The molecule has 0 aliphatic heterocycles. The predicted molar refractivity (Wildman–Crippen MR) is 62.9 cm³/mol. The lowest BCUT2D eigenvalue weighted by molar-refractivity contribution is 0.0687. The maximum Gasteiger partial charge on any atom is 0.346 e. The van der Waals surface area contributed by atoms with E-state index in [0.717, 1.165) is 24.5 Å². The van der Waals surface area contributed by atoms with Gasteiger partial charge in [0.05, 0.1) is 6.61 Å². The fourth-order valence-corrected chi connectivity index (χ4v) is 2.60. The van der Waals surface area contributed by atoms with Crippen LogP contribution in [-0.4, -0.2) is 17.7 Å². The molecule has 1 fully saturated rings. The van der Waals surface area contributed by atoms with Crippen LogP contribution in [0, 0.1) is 5.92 Å². The molecule has 1 aliphatic rings. The number of aromatic carboxylic acids is 1. The van der Waals surface area contributed by atoms with E-state index >= 15 is 0 Å². The van der Waals surface area contributed by atoms with Crippen LogP contribution in [0.5, 0.6) is 0 Å². The van der Waals surface area contributed by atoms with Crippen LogP contribution < -0.4 is 0 Å². The number of hydrogen-bond acceptors (Lipinski definition) is 3. The van der Waals surface area contributed by atoms with Gasteiger partial charge in [0.15, 0.2) is 0 Å². The van der Waals surface area contributed by atoms with Crippen molar-refractivity contribution in [3.05, 3.63) is 21.9 Å². The first kappa shape index (κ1) is 11.6. The van der Waals surface area contributed by atoms with Gasteiger partial charge in [0.25, 0.3) is 0 Å². The summed E-state index contributed by atoms with van der Waals surface area (Å²) in [6.45, 7) is 1.18. The van der Waals surface area contributed by atoms with Gasteiger partial charge in [-0.3, -0.25) is 0 Å². The van der Waals surface area contributed by atoms with Gasteiger partial charge in [0, 0.05) is 12.2 Å². The van der Waals surface area contributed by atoms with E-state index in [9.17, 15) is 4.79 Å². The number of carbonyl (C=O) groups is 1. The summed E-state index contributed by atoms with van der Waals surface area (Å²) in [6.07, 6.45) is 5.15.